The molecule has 2 aromatic carbocycles. The van der Waals surface area contributed by atoms with E-state index in [1.54, 1.807) is 0 Å². The Morgan fingerprint density at radius 3 is 2.43 bits per heavy atom. The number of nitrogens with zero attached hydrogens (tertiary/aromatic N) is 1. The van der Waals surface area contributed by atoms with E-state index < -0.39 is 0 Å². The molecule has 0 aromatic heterocycles. The minimum Gasteiger partial charge on any atom is -0.363 e. The standard InChI is InChI=1S/C19H20N2/c1-12-18(2)13-8-4-6-10-15(13)21-16-11-7-5-9-14(16)20-17(21)19(12,18)3/h4-12,17,20H,1-3H3. The molecule has 0 bridgehead atoms. The number of hydrogen-bond acceptors (Lipinski definition) is 2. The van der Waals surface area contributed by atoms with Crippen molar-refractivity contribution < 1.29 is 0 Å². The maximum atomic E-state index is 3.79. The normalized spacial score (nSPS) is 38.0. The summed E-state index contributed by atoms with van der Waals surface area (Å²) >= 11 is 0. The zero-order valence-corrected chi connectivity index (χ0v) is 12.7. The topological polar surface area (TPSA) is 15.3 Å². The van der Waals surface area contributed by atoms with Gasteiger partial charge in [-0.3, -0.25) is 0 Å². The van der Waals surface area contributed by atoms with Crippen molar-refractivity contribution in [2.24, 2.45) is 11.3 Å². The average molecular weight is 276 g/mol. The second-order valence-corrected chi connectivity index (χ2v) is 7.16. The molecule has 1 N–H and O–H groups in total. The molecule has 2 nitrogen and oxygen atoms in total. The summed E-state index contributed by atoms with van der Waals surface area (Å²) in [6.45, 7) is 7.30. The third-order valence-electron chi connectivity index (χ3n) is 6.81. The summed E-state index contributed by atoms with van der Waals surface area (Å²) in [6, 6.07) is 17.6. The number of rotatable bonds is 0. The van der Waals surface area contributed by atoms with Gasteiger partial charge in [0.15, 0.2) is 0 Å². The Labute approximate surface area is 125 Å². The summed E-state index contributed by atoms with van der Waals surface area (Å²) in [5, 5.41) is 3.79. The van der Waals surface area contributed by atoms with Gasteiger partial charge < -0.3 is 10.2 Å². The lowest BCUT2D eigenvalue weighted by atomic mass is 9.81. The summed E-state index contributed by atoms with van der Waals surface area (Å²) in [5.74, 6) is 0.683. The smallest absolute Gasteiger partial charge is 0.110 e. The van der Waals surface area contributed by atoms with Crippen LogP contribution in [0.3, 0.4) is 0 Å². The number of anilines is 3. The van der Waals surface area contributed by atoms with Gasteiger partial charge in [0.25, 0.3) is 0 Å². The molecule has 5 rings (SSSR count). The van der Waals surface area contributed by atoms with Crippen LogP contribution in [-0.4, -0.2) is 6.17 Å². The van der Waals surface area contributed by atoms with Gasteiger partial charge >= 0.3 is 0 Å². The highest BCUT2D eigenvalue weighted by Gasteiger charge is 2.76. The Morgan fingerprint density at radius 2 is 1.62 bits per heavy atom. The quantitative estimate of drug-likeness (QED) is 0.762. The largest absolute Gasteiger partial charge is 0.363 e. The molecule has 4 atom stereocenters. The summed E-state index contributed by atoms with van der Waals surface area (Å²) in [6.07, 6.45) is 0.366. The van der Waals surface area contributed by atoms with Gasteiger partial charge in [-0.15, -0.1) is 0 Å². The molecule has 2 aliphatic heterocycles. The van der Waals surface area contributed by atoms with Gasteiger partial charge in [0.1, 0.15) is 6.17 Å². The molecular weight excluding hydrogens is 256 g/mol. The van der Waals surface area contributed by atoms with Crippen LogP contribution in [0.25, 0.3) is 0 Å². The Kier molecular flexibility index (Phi) is 1.82. The highest BCUT2D eigenvalue weighted by molar-refractivity contribution is 5.87. The molecule has 1 aliphatic carbocycles. The number of fused-ring (bicyclic) bond motifs is 8. The third kappa shape index (κ3) is 1.03. The van der Waals surface area contributed by atoms with Gasteiger partial charge in [-0.1, -0.05) is 51.1 Å². The van der Waals surface area contributed by atoms with E-state index in [4.69, 9.17) is 0 Å². The number of nitrogens with one attached hydrogen (secondary N) is 1. The summed E-state index contributed by atoms with van der Waals surface area (Å²) in [4.78, 5) is 2.52. The van der Waals surface area contributed by atoms with Crippen LogP contribution >= 0.6 is 0 Å². The van der Waals surface area contributed by atoms with Crippen molar-refractivity contribution in [3.05, 3.63) is 54.1 Å². The summed E-state index contributed by atoms with van der Waals surface area (Å²) in [7, 11) is 0. The first-order valence-corrected chi connectivity index (χ1v) is 7.84. The van der Waals surface area contributed by atoms with Crippen LogP contribution in [0.5, 0.6) is 0 Å². The Morgan fingerprint density at radius 1 is 0.952 bits per heavy atom. The van der Waals surface area contributed by atoms with Crippen LogP contribution < -0.4 is 10.2 Å². The van der Waals surface area contributed by atoms with Crippen molar-refractivity contribution in [1.29, 1.82) is 0 Å². The van der Waals surface area contributed by atoms with Crippen LogP contribution in [0.2, 0.25) is 0 Å². The monoisotopic (exact) mass is 276 g/mol. The van der Waals surface area contributed by atoms with Crippen molar-refractivity contribution >= 4 is 17.1 Å². The zero-order valence-electron chi connectivity index (χ0n) is 12.7. The van der Waals surface area contributed by atoms with Gasteiger partial charge in [0, 0.05) is 16.5 Å². The molecular formula is C19H20N2. The van der Waals surface area contributed by atoms with Crippen LogP contribution in [0.15, 0.2) is 48.5 Å². The van der Waals surface area contributed by atoms with E-state index in [-0.39, 0.29) is 10.8 Å². The highest BCUT2D eigenvalue weighted by Crippen LogP contribution is 2.76. The van der Waals surface area contributed by atoms with Gasteiger partial charge in [0.2, 0.25) is 0 Å². The van der Waals surface area contributed by atoms with Crippen molar-refractivity contribution in [3.8, 4) is 0 Å². The van der Waals surface area contributed by atoms with Crippen LogP contribution in [0.4, 0.5) is 17.1 Å². The first-order valence-electron chi connectivity index (χ1n) is 7.84. The van der Waals surface area contributed by atoms with Crippen molar-refractivity contribution in [2.45, 2.75) is 32.4 Å². The first kappa shape index (κ1) is 11.7. The fourth-order valence-electron chi connectivity index (χ4n) is 5.10. The molecule has 4 unspecified atom stereocenters. The predicted octanol–water partition coefficient (Wildman–Crippen LogP) is 4.50. The van der Waals surface area contributed by atoms with E-state index in [0.29, 0.717) is 12.1 Å². The Bertz CT molecular complexity index is 768. The van der Waals surface area contributed by atoms with E-state index in [0.717, 1.165) is 0 Å². The second-order valence-electron chi connectivity index (χ2n) is 7.16. The minimum absolute atomic E-state index is 0.278. The van der Waals surface area contributed by atoms with E-state index in [2.05, 4.69) is 79.5 Å². The molecule has 1 saturated carbocycles. The zero-order chi connectivity index (χ0) is 14.4. The predicted molar refractivity (Wildman–Crippen MR) is 87.1 cm³/mol. The van der Waals surface area contributed by atoms with Crippen molar-refractivity contribution in [1.82, 2.24) is 0 Å². The molecule has 2 aromatic rings. The molecule has 0 saturated heterocycles. The van der Waals surface area contributed by atoms with Gasteiger partial charge in [-0.25, -0.2) is 0 Å². The SMILES string of the molecule is CC1C2(C)c3ccccc3N3c4ccccc4NC3C12C. The maximum absolute atomic E-state index is 3.79. The van der Waals surface area contributed by atoms with Gasteiger partial charge in [-0.05, 0) is 29.7 Å². The molecule has 3 aliphatic rings. The first-order chi connectivity index (χ1) is 10.1. The number of benzene rings is 2. The molecule has 106 valence electrons. The summed E-state index contributed by atoms with van der Waals surface area (Å²) < 4.78 is 0. The minimum atomic E-state index is 0.278. The molecule has 0 radical (unpaired) electrons. The van der Waals surface area contributed by atoms with Crippen LogP contribution in [0.1, 0.15) is 26.3 Å². The van der Waals surface area contributed by atoms with Gasteiger partial charge in [0.05, 0.1) is 11.4 Å². The lowest BCUT2D eigenvalue weighted by Crippen LogP contribution is -2.46. The molecule has 0 amide bonds. The fourth-order valence-corrected chi connectivity index (χ4v) is 5.10. The molecule has 2 heteroatoms. The lowest BCUT2D eigenvalue weighted by Gasteiger charge is -2.41. The third-order valence-corrected chi connectivity index (χ3v) is 6.81. The molecule has 21 heavy (non-hydrogen) atoms. The Balaban J connectivity index is 1.83. The number of hydrogen-bond donors (Lipinski definition) is 1. The molecule has 0 spiro atoms. The highest BCUT2D eigenvalue weighted by atomic mass is 15.4. The van der Waals surface area contributed by atoms with Crippen molar-refractivity contribution in [2.75, 3.05) is 10.2 Å². The van der Waals surface area contributed by atoms with Crippen LogP contribution in [0, 0.1) is 11.3 Å². The second kappa shape index (κ2) is 3.27. The van der Waals surface area contributed by atoms with E-state index >= 15 is 0 Å². The number of para-hydroxylation sites is 3. The van der Waals surface area contributed by atoms with Gasteiger partial charge in [-0.2, -0.15) is 0 Å². The van der Waals surface area contributed by atoms with Crippen molar-refractivity contribution in [3.63, 3.8) is 0 Å². The molecule has 2 heterocycles. The van der Waals surface area contributed by atoms with E-state index in [1.807, 2.05) is 0 Å². The lowest BCUT2D eigenvalue weighted by molar-refractivity contribution is 0.386. The fraction of sp³-hybridized carbons (Fsp3) is 0.368. The maximum Gasteiger partial charge on any atom is 0.110 e. The van der Waals surface area contributed by atoms with E-state index in [1.165, 1.54) is 22.6 Å². The molecule has 1 fully saturated rings. The van der Waals surface area contributed by atoms with E-state index in [9.17, 15) is 0 Å². The Hall–Kier alpha value is -1.96. The van der Waals surface area contributed by atoms with Crippen LogP contribution in [-0.2, 0) is 5.41 Å². The average Bonchev–Trinajstić information content (AvgIpc) is 2.86. The summed E-state index contributed by atoms with van der Waals surface area (Å²) in [5.41, 5.74) is 6.03.